The van der Waals surface area contributed by atoms with E-state index < -0.39 is 40.6 Å². The summed E-state index contributed by atoms with van der Waals surface area (Å²) >= 11 is 0. The number of benzene rings is 2. The number of esters is 1. The molecule has 1 saturated heterocycles. The minimum Gasteiger partial charge on any atom is -0.459 e. The molecule has 4 rings (SSSR count). The van der Waals surface area contributed by atoms with Gasteiger partial charge in [-0.3, -0.25) is 24.3 Å². The summed E-state index contributed by atoms with van der Waals surface area (Å²) in [6, 6.07) is 13.8. The van der Waals surface area contributed by atoms with Crippen molar-refractivity contribution >= 4 is 34.8 Å². The monoisotopic (exact) mass is 548 g/mol. The molecule has 11 heteroatoms. The highest BCUT2D eigenvalue weighted by molar-refractivity contribution is 6.11. The molecule has 2 heterocycles. The molecular formula is C29H32N4O7. The van der Waals surface area contributed by atoms with E-state index in [0.29, 0.717) is 16.6 Å². The SMILES string of the molecule is Cc1nc2ccc(CNC(=O)OC(C)(C)C)cc2c(=O)n1C1(C(=O)OCc2ccccc2)CCCC(=O)NC1=O. The molecule has 1 unspecified atom stereocenters. The van der Waals surface area contributed by atoms with Gasteiger partial charge in [0.1, 0.15) is 18.0 Å². The first-order valence-corrected chi connectivity index (χ1v) is 13.0. The maximum Gasteiger partial charge on any atom is 0.407 e. The lowest BCUT2D eigenvalue weighted by atomic mass is 9.91. The van der Waals surface area contributed by atoms with Crippen LogP contribution in [0, 0.1) is 6.92 Å². The fraction of sp³-hybridized carbons (Fsp3) is 0.379. The number of aromatic nitrogens is 2. The van der Waals surface area contributed by atoms with Gasteiger partial charge in [-0.05, 0) is 63.8 Å². The minimum atomic E-state index is -2.14. The summed E-state index contributed by atoms with van der Waals surface area (Å²) in [4.78, 5) is 70.1. The smallest absolute Gasteiger partial charge is 0.407 e. The van der Waals surface area contributed by atoms with Crippen LogP contribution in [0.15, 0.2) is 53.3 Å². The van der Waals surface area contributed by atoms with E-state index in [1.165, 1.54) is 6.92 Å². The molecular weight excluding hydrogens is 516 g/mol. The predicted octanol–water partition coefficient (Wildman–Crippen LogP) is 3.00. The van der Waals surface area contributed by atoms with Crippen LogP contribution in [0.3, 0.4) is 0 Å². The molecule has 1 atom stereocenters. The van der Waals surface area contributed by atoms with E-state index >= 15 is 0 Å². The van der Waals surface area contributed by atoms with Crippen LogP contribution in [0.1, 0.15) is 57.0 Å². The third kappa shape index (κ3) is 6.03. The Morgan fingerprint density at radius 3 is 2.50 bits per heavy atom. The fourth-order valence-electron chi connectivity index (χ4n) is 4.64. The maximum absolute atomic E-state index is 14.0. The first-order valence-electron chi connectivity index (χ1n) is 13.0. The van der Waals surface area contributed by atoms with Crippen LogP contribution in [-0.2, 0) is 42.5 Å². The molecule has 1 aliphatic rings. The lowest BCUT2D eigenvalue weighted by Gasteiger charge is -2.31. The Balaban J connectivity index is 1.76. The molecule has 2 aromatic carbocycles. The summed E-state index contributed by atoms with van der Waals surface area (Å²) in [5, 5.41) is 5.02. The van der Waals surface area contributed by atoms with Crippen molar-refractivity contribution in [3.8, 4) is 0 Å². The first kappa shape index (κ1) is 28.5. The summed E-state index contributed by atoms with van der Waals surface area (Å²) in [6.45, 7) is 6.70. The number of hydrogen-bond donors (Lipinski definition) is 2. The van der Waals surface area contributed by atoms with Gasteiger partial charge in [0.2, 0.25) is 11.4 Å². The molecule has 0 saturated carbocycles. The molecule has 210 valence electrons. The molecule has 0 spiro atoms. The van der Waals surface area contributed by atoms with Crippen LogP contribution in [-0.4, -0.2) is 39.0 Å². The van der Waals surface area contributed by atoms with Gasteiger partial charge in [-0.2, -0.15) is 0 Å². The zero-order valence-electron chi connectivity index (χ0n) is 22.9. The largest absolute Gasteiger partial charge is 0.459 e. The van der Waals surface area contributed by atoms with Gasteiger partial charge in [-0.1, -0.05) is 36.4 Å². The minimum absolute atomic E-state index is 0.00868. The molecule has 1 fully saturated rings. The number of carbonyl (C=O) groups excluding carboxylic acids is 4. The van der Waals surface area contributed by atoms with Gasteiger partial charge in [0.25, 0.3) is 11.5 Å². The van der Waals surface area contributed by atoms with E-state index in [0.717, 1.165) is 4.57 Å². The predicted molar refractivity (Wildman–Crippen MR) is 145 cm³/mol. The third-order valence-corrected chi connectivity index (χ3v) is 6.44. The Morgan fingerprint density at radius 2 is 1.80 bits per heavy atom. The molecule has 1 aliphatic heterocycles. The van der Waals surface area contributed by atoms with Crippen molar-refractivity contribution in [1.29, 1.82) is 0 Å². The number of ether oxygens (including phenoxy) is 2. The Labute approximate surface area is 230 Å². The Morgan fingerprint density at radius 1 is 1.07 bits per heavy atom. The lowest BCUT2D eigenvalue weighted by molar-refractivity contribution is -0.161. The topological polar surface area (TPSA) is 146 Å². The Bertz CT molecular complexity index is 1530. The summed E-state index contributed by atoms with van der Waals surface area (Å²) in [5.41, 5.74) is -1.85. The van der Waals surface area contributed by atoms with Crippen LogP contribution < -0.4 is 16.2 Å². The van der Waals surface area contributed by atoms with E-state index in [1.807, 2.05) is 6.07 Å². The number of fused-ring (bicyclic) bond motifs is 1. The average Bonchev–Trinajstić information content (AvgIpc) is 3.03. The van der Waals surface area contributed by atoms with E-state index in [2.05, 4.69) is 15.6 Å². The molecule has 11 nitrogen and oxygen atoms in total. The van der Waals surface area contributed by atoms with Gasteiger partial charge in [0.05, 0.1) is 10.9 Å². The number of imide groups is 1. The second-order valence-corrected chi connectivity index (χ2v) is 10.7. The van der Waals surface area contributed by atoms with Crippen molar-refractivity contribution in [2.45, 2.75) is 71.2 Å². The van der Waals surface area contributed by atoms with Crippen molar-refractivity contribution < 1.29 is 28.7 Å². The number of alkyl carbamates (subject to hydrolysis) is 1. The van der Waals surface area contributed by atoms with E-state index in [4.69, 9.17) is 9.47 Å². The van der Waals surface area contributed by atoms with Crippen molar-refractivity contribution in [2.75, 3.05) is 0 Å². The zero-order valence-corrected chi connectivity index (χ0v) is 22.9. The van der Waals surface area contributed by atoms with Gasteiger partial charge in [-0.25, -0.2) is 14.6 Å². The number of nitrogens with one attached hydrogen (secondary N) is 2. The summed E-state index contributed by atoms with van der Waals surface area (Å²) in [5.74, 6) is -2.34. The number of amides is 3. The van der Waals surface area contributed by atoms with Gasteiger partial charge < -0.3 is 14.8 Å². The van der Waals surface area contributed by atoms with Crippen LogP contribution >= 0.6 is 0 Å². The molecule has 3 aromatic rings. The molecule has 1 aromatic heterocycles. The van der Waals surface area contributed by atoms with Crippen molar-refractivity contribution in [2.24, 2.45) is 0 Å². The maximum atomic E-state index is 14.0. The van der Waals surface area contributed by atoms with Crippen LogP contribution in [0.5, 0.6) is 0 Å². The lowest BCUT2D eigenvalue weighted by Crippen LogP contribution is -2.58. The number of nitrogens with zero attached hydrogens (tertiary/aromatic N) is 2. The number of carbonyl (C=O) groups is 4. The summed E-state index contributed by atoms with van der Waals surface area (Å²) in [7, 11) is 0. The van der Waals surface area contributed by atoms with Gasteiger partial charge in [-0.15, -0.1) is 0 Å². The van der Waals surface area contributed by atoms with Gasteiger partial charge in [0, 0.05) is 13.0 Å². The molecule has 2 N–H and O–H groups in total. The summed E-state index contributed by atoms with van der Waals surface area (Å²) < 4.78 is 11.9. The normalized spacial score (nSPS) is 17.6. The molecule has 0 aliphatic carbocycles. The van der Waals surface area contributed by atoms with Crippen LogP contribution in [0.4, 0.5) is 4.79 Å². The first-order chi connectivity index (χ1) is 18.9. The molecule has 0 bridgehead atoms. The average molecular weight is 549 g/mol. The number of hydrogen-bond acceptors (Lipinski definition) is 8. The fourth-order valence-corrected chi connectivity index (χ4v) is 4.64. The molecule has 0 radical (unpaired) electrons. The van der Waals surface area contributed by atoms with E-state index in [-0.39, 0.29) is 43.6 Å². The molecule has 3 amide bonds. The summed E-state index contributed by atoms with van der Waals surface area (Å²) in [6.07, 6.45) is -0.574. The zero-order chi connectivity index (χ0) is 29.1. The van der Waals surface area contributed by atoms with Gasteiger partial charge >= 0.3 is 12.1 Å². The standard InChI is InChI=1S/C29H32N4O7/c1-18-31-22-13-12-20(16-30-27(38)40-28(2,3)4)15-21(22)24(35)33(18)29(14-8-11-23(34)32-25(29)36)26(37)39-17-19-9-6-5-7-10-19/h5-7,9-10,12-13,15H,8,11,14,16-17H2,1-4H3,(H,30,38)(H,32,34,36). The highest BCUT2D eigenvalue weighted by Crippen LogP contribution is 2.30. The highest BCUT2D eigenvalue weighted by Gasteiger charge is 2.52. The number of rotatable bonds is 6. The Kier molecular flexibility index (Phi) is 8.03. The van der Waals surface area contributed by atoms with Crippen molar-refractivity contribution in [1.82, 2.24) is 20.2 Å². The van der Waals surface area contributed by atoms with Crippen LogP contribution in [0.2, 0.25) is 0 Å². The number of aryl methyl sites for hydroxylation is 1. The van der Waals surface area contributed by atoms with E-state index in [1.54, 1.807) is 63.2 Å². The van der Waals surface area contributed by atoms with Crippen LogP contribution in [0.25, 0.3) is 10.9 Å². The third-order valence-electron chi connectivity index (χ3n) is 6.44. The van der Waals surface area contributed by atoms with Crippen molar-refractivity contribution in [3.05, 3.63) is 75.8 Å². The highest BCUT2D eigenvalue weighted by atomic mass is 16.6. The second-order valence-electron chi connectivity index (χ2n) is 10.7. The van der Waals surface area contributed by atoms with Crippen molar-refractivity contribution in [3.63, 3.8) is 0 Å². The van der Waals surface area contributed by atoms with E-state index in [9.17, 15) is 24.0 Å². The Hall–Kier alpha value is -4.54. The second kappa shape index (κ2) is 11.3. The van der Waals surface area contributed by atoms with Gasteiger partial charge in [0.15, 0.2) is 0 Å². The molecule has 40 heavy (non-hydrogen) atoms. The quantitative estimate of drug-likeness (QED) is 0.272.